The van der Waals surface area contributed by atoms with Gasteiger partial charge in [0, 0.05) is 50.0 Å². The number of nitrogens with zero attached hydrogens (tertiary/aromatic N) is 1. The van der Waals surface area contributed by atoms with Gasteiger partial charge in [0.1, 0.15) is 0 Å². The van der Waals surface area contributed by atoms with Crippen molar-refractivity contribution in [2.45, 2.75) is 62.9 Å². The summed E-state index contributed by atoms with van der Waals surface area (Å²) < 4.78 is 5.16. The van der Waals surface area contributed by atoms with Crippen LogP contribution in [0.5, 0.6) is 0 Å². The molecule has 6 nitrogen and oxygen atoms in total. The van der Waals surface area contributed by atoms with Gasteiger partial charge in [-0.2, -0.15) is 0 Å². The molecule has 2 N–H and O–H groups in total. The van der Waals surface area contributed by atoms with Crippen LogP contribution in [0.3, 0.4) is 0 Å². The highest BCUT2D eigenvalue weighted by Crippen LogP contribution is 2.42. The number of hydrogen-bond acceptors (Lipinski definition) is 3. The molecule has 1 saturated carbocycles. The number of rotatable bonds is 7. The second-order valence-electron chi connectivity index (χ2n) is 7.30. The minimum absolute atomic E-state index is 0.00108. The Morgan fingerprint density at radius 2 is 2.20 bits per heavy atom. The summed E-state index contributed by atoms with van der Waals surface area (Å²) in [6.45, 7) is 1.27. The van der Waals surface area contributed by atoms with E-state index in [1.54, 1.807) is 7.11 Å². The van der Waals surface area contributed by atoms with E-state index < -0.39 is 0 Å². The topological polar surface area (TPSA) is 74.4 Å². The average molecular weight is 347 g/mol. The number of aryl methyl sites for hydroxylation is 1. The average Bonchev–Trinajstić information content (AvgIpc) is 3.23. The van der Waals surface area contributed by atoms with Gasteiger partial charge < -0.3 is 19.9 Å². The third-order valence-corrected chi connectivity index (χ3v) is 5.76. The molecular weight excluding hydrogens is 318 g/mol. The Labute approximate surface area is 149 Å². The predicted octanol–water partition coefficient (Wildman–Crippen LogP) is 2.01. The van der Waals surface area contributed by atoms with Crippen molar-refractivity contribution >= 4 is 11.8 Å². The van der Waals surface area contributed by atoms with Gasteiger partial charge in [0.05, 0.1) is 6.61 Å². The summed E-state index contributed by atoms with van der Waals surface area (Å²) in [6, 6.07) is 4.19. The molecule has 1 aromatic heterocycles. The van der Waals surface area contributed by atoms with Gasteiger partial charge in [0.2, 0.25) is 11.8 Å². The second-order valence-corrected chi connectivity index (χ2v) is 7.30. The van der Waals surface area contributed by atoms with Crippen LogP contribution >= 0.6 is 0 Å². The van der Waals surface area contributed by atoms with E-state index in [2.05, 4.69) is 10.3 Å². The third-order valence-electron chi connectivity index (χ3n) is 5.76. The Bertz CT molecular complexity index is 577. The standard InChI is InChI=1S/C19H29N3O3/c1-25-14-13-22-18(24)8-11-19(22)9-6-16(7-10-19)21-17(23)5-4-15-3-2-12-20-15/h2-3,12,16,20H,4-11,13-14H2,1H3,(H,21,23). The second kappa shape index (κ2) is 8.04. The van der Waals surface area contributed by atoms with E-state index in [4.69, 9.17) is 4.74 Å². The highest BCUT2D eigenvalue weighted by Gasteiger charge is 2.46. The van der Waals surface area contributed by atoms with E-state index >= 15 is 0 Å². The molecule has 2 amide bonds. The Hall–Kier alpha value is -1.82. The minimum atomic E-state index is 0.00108. The molecule has 2 aliphatic rings. The third kappa shape index (κ3) is 4.24. The minimum Gasteiger partial charge on any atom is -0.383 e. The monoisotopic (exact) mass is 347 g/mol. The molecule has 25 heavy (non-hydrogen) atoms. The first-order valence-corrected chi connectivity index (χ1v) is 9.34. The summed E-state index contributed by atoms with van der Waals surface area (Å²) in [4.78, 5) is 29.5. The zero-order valence-electron chi connectivity index (χ0n) is 15.1. The van der Waals surface area contributed by atoms with E-state index in [1.807, 2.05) is 23.2 Å². The maximum Gasteiger partial charge on any atom is 0.223 e. The number of amides is 2. The van der Waals surface area contributed by atoms with Crippen molar-refractivity contribution in [1.82, 2.24) is 15.2 Å². The van der Waals surface area contributed by atoms with Crippen molar-refractivity contribution in [3.63, 3.8) is 0 Å². The van der Waals surface area contributed by atoms with E-state index in [-0.39, 0.29) is 23.4 Å². The summed E-state index contributed by atoms with van der Waals surface area (Å²) in [5, 5.41) is 3.18. The quantitative estimate of drug-likeness (QED) is 0.792. The first-order chi connectivity index (χ1) is 12.1. The molecule has 0 radical (unpaired) electrons. The SMILES string of the molecule is COCCN1C(=O)CCC12CCC(NC(=O)CCc1ccc[nH]1)CC2. The maximum atomic E-state index is 12.2. The van der Waals surface area contributed by atoms with Crippen LogP contribution < -0.4 is 5.32 Å². The summed E-state index contributed by atoms with van der Waals surface area (Å²) >= 11 is 0. The number of methoxy groups -OCH3 is 1. The molecule has 0 aromatic carbocycles. The molecule has 1 spiro atoms. The van der Waals surface area contributed by atoms with E-state index in [1.165, 1.54) is 0 Å². The zero-order valence-corrected chi connectivity index (χ0v) is 15.1. The van der Waals surface area contributed by atoms with Gasteiger partial charge in [0.25, 0.3) is 0 Å². The number of carbonyl (C=O) groups is 2. The lowest BCUT2D eigenvalue weighted by Gasteiger charge is -2.44. The summed E-state index contributed by atoms with van der Waals surface area (Å²) in [5.74, 6) is 0.375. The van der Waals surface area contributed by atoms with Crippen LogP contribution in [0.15, 0.2) is 18.3 Å². The van der Waals surface area contributed by atoms with Crippen molar-refractivity contribution in [3.05, 3.63) is 24.0 Å². The van der Waals surface area contributed by atoms with Gasteiger partial charge >= 0.3 is 0 Å². The summed E-state index contributed by atoms with van der Waals surface area (Å²) in [7, 11) is 1.67. The zero-order chi connectivity index (χ0) is 17.7. The molecule has 1 saturated heterocycles. The summed E-state index contributed by atoms with van der Waals surface area (Å²) in [6.07, 6.45) is 8.59. The fraction of sp³-hybridized carbons (Fsp3) is 0.684. The highest BCUT2D eigenvalue weighted by atomic mass is 16.5. The Kier molecular flexibility index (Phi) is 5.78. The normalized spacial score (nSPS) is 26.4. The van der Waals surface area contributed by atoms with Gasteiger partial charge in [-0.25, -0.2) is 0 Å². The molecular formula is C19H29N3O3. The molecule has 3 rings (SSSR count). The molecule has 1 aromatic rings. The van der Waals surface area contributed by atoms with Gasteiger partial charge in [-0.1, -0.05) is 0 Å². The smallest absolute Gasteiger partial charge is 0.223 e. The number of H-pyrrole nitrogens is 1. The van der Waals surface area contributed by atoms with Crippen molar-refractivity contribution < 1.29 is 14.3 Å². The van der Waals surface area contributed by atoms with Crippen LogP contribution in [0, 0.1) is 0 Å². The number of carbonyl (C=O) groups excluding carboxylic acids is 2. The largest absolute Gasteiger partial charge is 0.383 e. The van der Waals surface area contributed by atoms with Crippen molar-refractivity contribution in [3.8, 4) is 0 Å². The molecule has 2 heterocycles. The van der Waals surface area contributed by atoms with Gasteiger partial charge in [-0.3, -0.25) is 9.59 Å². The lowest BCUT2D eigenvalue weighted by molar-refractivity contribution is -0.133. The maximum absolute atomic E-state index is 12.2. The predicted molar refractivity (Wildman–Crippen MR) is 95.1 cm³/mol. The lowest BCUT2D eigenvalue weighted by Crippen LogP contribution is -2.52. The van der Waals surface area contributed by atoms with Crippen molar-refractivity contribution in [2.75, 3.05) is 20.3 Å². The Balaban J connectivity index is 1.46. The van der Waals surface area contributed by atoms with Crippen LogP contribution in [0.25, 0.3) is 0 Å². The van der Waals surface area contributed by atoms with Gasteiger partial charge in [-0.05, 0) is 50.7 Å². The van der Waals surface area contributed by atoms with Gasteiger partial charge in [0.15, 0.2) is 0 Å². The van der Waals surface area contributed by atoms with Crippen molar-refractivity contribution in [2.24, 2.45) is 0 Å². The number of ether oxygens (including phenoxy) is 1. The summed E-state index contributed by atoms with van der Waals surface area (Å²) in [5.41, 5.74) is 1.09. The molecule has 1 aliphatic carbocycles. The molecule has 2 fully saturated rings. The molecule has 138 valence electrons. The number of hydrogen-bond donors (Lipinski definition) is 2. The molecule has 0 atom stereocenters. The van der Waals surface area contributed by atoms with E-state index in [0.29, 0.717) is 26.0 Å². The van der Waals surface area contributed by atoms with Crippen LogP contribution in [-0.4, -0.2) is 53.5 Å². The van der Waals surface area contributed by atoms with Crippen LogP contribution in [0.1, 0.15) is 50.6 Å². The number of likely N-dealkylation sites (tertiary alicyclic amines) is 1. The van der Waals surface area contributed by atoms with E-state index in [0.717, 1.165) is 44.2 Å². The molecule has 1 aliphatic heterocycles. The first kappa shape index (κ1) is 18.0. The first-order valence-electron chi connectivity index (χ1n) is 9.34. The van der Waals surface area contributed by atoms with Crippen LogP contribution in [-0.2, 0) is 20.7 Å². The number of nitrogens with one attached hydrogen (secondary N) is 2. The van der Waals surface area contributed by atoms with Crippen LogP contribution in [0.2, 0.25) is 0 Å². The molecule has 6 heteroatoms. The van der Waals surface area contributed by atoms with Crippen molar-refractivity contribution in [1.29, 1.82) is 0 Å². The Morgan fingerprint density at radius 1 is 1.40 bits per heavy atom. The van der Waals surface area contributed by atoms with Gasteiger partial charge in [-0.15, -0.1) is 0 Å². The van der Waals surface area contributed by atoms with Crippen LogP contribution in [0.4, 0.5) is 0 Å². The number of aromatic amines is 1. The lowest BCUT2D eigenvalue weighted by atomic mass is 9.77. The fourth-order valence-electron chi connectivity index (χ4n) is 4.31. The van der Waals surface area contributed by atoms with E-state index in [9.17, 15) is 9.59 Å². The highest BCUT2D eigenvalue weighted by molar-refractivity contribution is 5.80. The molecule has 0 bridgehead atoms. The number of aromatic nitrogens is 1. The Morgan fingerprint density at radius 3 is 2.88 bits per heavy atom. The fourth-order valence-corrected chi connectivity index (χ4v) is 4.31. The molecule has 0 unspecified atom stereocenters.